The van der Waals surface area contributed by atoms with Crippen molar-refractivity contribution >= 4 is 23.9 Å². The predicted octanol–water partition coefficient (Wildman–Crippen LogP) is 2.70. The third-order valence-electron chi connectivity index (χ3n) is 6.82. The molecule has 3 amide bonds. The second-order valence-corrected chi connectivity index (χ2v) is 11.8. The van der Waals surface area contributed by atoms with Gasteiger partial charge in [0.1, 0.15) is 35.4 Å². The van der Waals surface area contributed by atoms with Crippen LogP contribution in [0.3, 0.4) is 0 Å². The number of carbonyl (C=O) groups is 4. The Balaban J connectivity index is 2.19. The number of aryl methyl sites for hydroxylation is 1. The normalized spacial score (nSPS) is 14.0. The fourth-order valence-electron chi connectivity index (χ4n) is 4.27. The molecule has 0 unspecified atom stereocenters. The Kier molecular flexibility index (Phi) is 13.7. The van der Waals surface area contributed by atoms with E-state index in [1.54, 1.807) is 39.8 Å². The summed E-state index contributed by atoms with van der Waals surface area (Å²) in [6, 6.07) is 9.89. The first-order chi connectivity index (χ1) is 21.0. The molecule has 13 heteroatoms. The highest BCUT2D eigenvalue weighted by Crippen LogP contribution is 2.22. The number of amides is 3. The number of likely N-dealkylation sites (N-methyl/N-ethyl adjacent to an activating group) is 1. The molecule has 0 heterocycles. The maximum absolute atomic E-state index is 13.4. The Morgan fingerprint density at radius 2 is 1.67 bits per heavy atom. The number of halogens is 1. The van der Waals surface area contributed by atoms with Crippen molar-refractivity contribution in [3.8, 4) is 5.75 Å². The molecule has 2 aromatic carbocycles. The van der Waals surface area contributed by atoms with Gasteiger partial charge in [-0.3, -0.25) is 14.5 Å². The fraction of sp³-hybridized carbons (Fsp3) is 0.500. The van der Waals surface area contributed by atoms with Crippen molar-refractivity contribution in [3.63, 3.8) is 0 Å². The minimum Gasteiger partial charge on any atom is -0.489 e. The molecule has 0 radical (unpaired) electrons. The lowest BCUT2D eigenvalue weighted by Gasteiger charge is -2.34. The van der Waals surface area contributed by atoms with Gasteiger partial charge in [-0.1, -0.05) is 30.3 Å². The maximum Gasteiger partial charge on any atom is 0.412 e. The average molecular weight is 633 g/mol. The molecule has 2 aromatic rings. The minimum absolute atomic E-state index is 0.131. The third-order valence-corrected chi connectivity index (χ3v) is 6.82. The highest BCUT2D eigenvalue weighted by atomic mass is 19.1. The molecule has 0 spiro atoms. The fourth-order valence-corrected chi connectivity index (χ4v) is 4.27. The van der Waals surface area contributed by atoms with Crippen molar-refractivity contribution in [2.75, 3.05) is 20.1 Å². The molecular formula is C32H45FN4O8. The number of carbonyl (C=O) groups excluding carboxylic acids is 3. The van der Waals surface area contributed by atoms with Crippen LogP contribution in [0.15, 0.2) is 48.5 Å². The minimum atomic E-state index is -2.06. The summed E-state index contributed by atoms with van der Waals surface area (Å²) in [6.07, 6.45) is -2.46. The maximum atomic E-state index is 13.4. The molecule has 248 valence electrons. The van der Waals surface area contributed by atoms with Crippen LogP contribution in [-0.2, 0) is 32.0 Å². The van der Waals surface area contributed by atoms with Crippen molar-refractivity contribution in [1.29, 1.82) is 0 Å². The average Bonchev–Trinajstić information content (AvgIpc) is 2.97. The van der Waals surface area contributed by atoms with Crippen LogP contribution < -0.4 is 15.8 Å². The van der Waals surface area contributed by atoms with Crippen LogP contribution in [0.5, 0.6) is 5.75 Å². The van der Waals surface area contributed by atoms with Crippen molar-refractivity contribution in [2.45, 2.75) is 83.9 Å². The van der Waals surface area contributed by atoms with Crippen molar-refractivity contribution in [3.05, 3.63) is 65.5 Å². The van der Waals surface area contributed by atoms with E-state index in [0.29, 0.717) is 24.3 Å². The number of aliphatic hydroxyl groups is 1. The zero-order valence-electron chi connectivity index (χ0n) is 26.7. The van der Waals surface area contributed by atoms with E-state index in [1.807, 2.05) is 12.1 Å². The number of aliphatic hydroxyl groups excluding tert-OH is 1. The first-order valence-electron chi connectivity index (χ1n) is 14.7. The summed E-state index contributed by atoms with van der Waals surface area (Å²) < 4.78 is 24.8. The zero-order chi connectivity index (χ0) is 33.9. The molecular weight excluding hydrogens is 587 g/mol. The highest BCUT2D eigenvalue weighted by molar-refractivity contribution is 5.92. The van der Waals surface area contributed by atoms with Crippen LogP contribution in [0.2, 0.25) is 0 Å². The van der Waals surface area contributed by atoms with Crippen LogP contribution in [0.1, 0.15) is 52.2 Å². The number of para-hydroxylation sites is 1. The number of nitrogens with two attached hydrogens (primary N) is 1. The van der Waals surface area contributed by atoms with E-state index < -0.39 is 59.7 Å². The standard InChI is InChI=1S/C32H45FN4O8/c1-20(44-26-12-8-7-10-23(26)11-9-17-34)19-37(31(43)45-32(3,4)5)29(40)28(39)36(6)21(2)27(38)35-25(30(41)42)18-22-13-15-24(33)16-14-22/h7-8,10,12-16,20-21,25,29,40H,9,11,17-19,34H2,1-6H3,(H,35,38)(H,41,42)/t20-,21-,25-,29+/m1/s1. The van der Waals surface area contributed by atoms with Gasteiger partial charge in [0.25, 0.3) is 5.91 Å². The van der Waals surface area contributed by atoms with E-state index in [1.165, 1.54) is 38.2 Å². The Morgan fingerprint density at radius 3 is 2.24 bits per heavy atom. The molecule has 0 saturated carbocycles. The van der Waals surface area contributed by atoms with Gasteiger partial charge in [-0.15, -0.1) is 0 Å². The number of benzene rings is 2. The molecule has 0 aliphatic heterocycles. The van der Waals surface area contributed by atoms with Crippen molar-refractivity contribution in [2.24, 2.45) is 5.73 Å². The Bertz CT molecular complexity index is 1300. The smallest absolute Gasteiger partial charge is 0.412 e. The molecule has 0 fully saturated rings. The number of carboxylic acid groups (broad SMARTS) is 1. The van der Waals surface area contributed by atoms with Gasteiger partial charge in [0.15, 0.2) is 0 Å². The molecule has 5 N–H and O–H groups in total. The first kappa shape index (κ1) is 37.0. The van der Waals surface area contributed by atoms with Crippen molar-refractivity contribution in [1.82, 2.24) is 15.1 Å². The second-order valence-electron chi connectivity index (χ2n) is 11.8. The number of nitrogens with zero attached hydrogens (tertiary/aromatic N) is 2. The van der Waals surface area contributed by atoms with Gasteiger partial charge in [-0.05, 0) is 83.3 Å². The molecule has 2 rings (SSSR count). The molecule has 12 nitrogen and oxygen atoms in total. The van der Waals surface area contributed by atoms with Gasteiger partial charge in [0.05, 0.1) is 6.54 Å². The zero-order valence-corrected chi connectivity index (χ0v) is 26.7. The number of rotatable bonds is 15. The summed E-state index contributed by atoms with van der Waals surface area (Å²) in [5, 5.41) is 23.1. The van der Waals surface area contributed by atoms with Gasteiger partial charge in [-0.25, -0.2) is 14.0 Å². The van der Waals surface area contributed by atoms with E-state index in [0.717, 1.165) is 21.8 Å². The van der Waals surface area contributed by atoms with Crippen LogP contribution in [0.4, 0.5) is 9.18 Å². The van der Waals surface area contributed by atoms with E-state index in [2.05, 4.69) is 5.32 Å². The lowest BCUT2D eigenvalue weighted by atomic mass is 10.1. The van der Waals surface area contributed by atoms with E-state index in [4.69, 9.17) is 15.2 Å². The topological polar surface area (TPSA) is 172 Å². The molecule has 45 heavy (non-hydrogen) atoms. The molecule has 0 aliphatic rings. The summed E-state index contributed by atoms with van der Waals surface area (Å²) in [7, 11) is 1.24. The monoisotopic (exact) mass is 632 g/mol. The van der Waals surface area contributed by atoms with Crippen LogP contribution in [0.25, 0.3) is 0 Å². The molecule has 4 atom stereocenters. The van der Waals surface area contributed by atoms with Crippen LogP contribution in [0, 0.1) is 5.82 Å². The predicted molar refractivity (Wildman–Crippen MR) is 165 cm³/mol. The van der Waals surface area contributed by atoms with Gasteiger partial charge in [-0.2, -0.15) is 0 Å². The van der Waals surface area contributed by atoms with E-state index in [9.17, 15) is 33.8 Å². The van der Waals surface area contributed by atoms with Crippen LogP contribution in [-0.4, -0.2) is 94.0 Å². The lowest BCUT2D eigenvalue weighted by molar-refractivity contribution is -0.154. The SMILES string of the molecule is C[C@H](CN(C(=O)OC(C)(C)C)[C@@H](O)C(=O)N(C)[C@H](C)C(=O)N[C@H](Cc1ccc(F)cc1)C(=O)O)Oc1ccccc1CCCN. The number of aliphatic carboxylic acids is 1. The van der Waals surface area contributed by atoms with Gasteiger partial charge in [0.2, 0.25) is 12.1 Å². The van der Waals surface area contributed by atoms with Gasteiger partial charge < -0.3 is 35.6 Å². The largest absolute Gasteiger partial charge is 0.489 e. The van der Waals surface area contributed by atoms with E-state index >= 15 is 0 Å². The lowest BCUT2D eigenvalue weighted by Crippen LogP contribution is -2.57. The van der Waals surface area contributed by atoms with Crippen molar-refractivity contribution < 1.29 is 43.3 Å². The van der Waals surface area contributed by atoms with Crippen LogP contribution >= 0.6 is 0 Å². The molecule has 0 bridgehead atoms. The number of hydrogen-bond donors (Lipinski definition) is 4. The first-order valence-corrected chi connectivity index (χ1v) is 14.7. The number of hydrogen-bond acceptors (Lipinski definition) is 8. The van der Waals surface area contributed by atoms with Gasteiger partial charge >= 0.3 is 12.1 Å². The Hall–Kier alpha value is -4.23. The Morgan fingerprint density at radius 1 is 1.04 bits per heavy atom. The highest BCUT2D eigenvalue weighted by Gasteiger charge is 2.37. The summed E-state index contributed by atoms with van der Waals surface area (Å²) in [5.74, 6) is -3.08. The molecule has 0 aliphatic carbocycles. The summed E-state index contributed by atoms with van der Waals surface area (Å²) >= 11 is 0. The third kappa shape index (κ3) is 11.7. The summed E-state index contributed by atoms with van der Waals surface area (Å²) in [4.78, 5) is 53.1. The summed E-state index contributed by atoms with van der Waals surface area (Å²) in [6.45, 7) is 8.16. The quantitative estimate of drug-likeness (QED) is 0.216. The molecule has 0 saturated heterocycles. The van der Waals surface area contributed by atoms with Gasteiger partial charge in [0, 0.05) is 13.5 Å². The molecule has 0 aromatic heterocycles. The second kappa shape index (κ2) is 16.7. The number of carboxylic acids is 1. The van der Waals surface area contributed by atoms with E-state index in [-0.39, 0.29) is 13.0 Å². The number of ether oxygens (including phenoxy) is 2. The summed E-state index contributed by atoms with van der Waals surface area (Å²) in [5.41, 5.74) is 6.08. The number of nitrogens with one attached hydrogen (secondary N) is 1. The Labute approximate surface area is 263 Å².